The third kappa shape index (κ3) is 2.85. The average molecular weight is 228 g/mol. The summed E-state index contributed by atoms with van der Waals surface area (Å²) in [7, 11) is 0. The van der Waals surface area contributed by atoms with Crippen molar-refractivity contribution >= 4 is 5.78 Å². The molecule has 1 aromatic carbocycles. The maximum Gasteiger partial charge on any atom is 0.166 e. The molecule has 1 nitrogen and oxygen atoms in total. The molecule has 17 heavy (non-hydrogen) atoms. The molecule has 1 unspecified atom stereocenters. The van der Waals surface area contributed by atoms with Crippen molar-refractivity contribution in [3.63, 3.8) is 0 Å². The lowest BCUT2D eigenvalue weighted by Gasteiger charge is -2.12. The van der Waals surface area contributed by atoms with Gasteiger partial charge in [0, 0.05) is 11.5 Å². The molecule has 0 radical (unpaired) electrons. The van der Waals surface area contributed by atoms with E-state index in [-0.39, 0.29) is 5.92 Å². The number of hydrogen-bond acceptors (Lipinski definition) is 1. The molecule has 1 atom stereocenters. The van der Waals surface area contributed by atoms with Gasteiger partial charge in [0.15, 0.2) is 5.78 Å². The van der Waals surface area contributed by atoms with Crippen LogP contribution in [0.2, 0.25) is 0 Å². The first kappa shape index (κ1) is 12.1. The lowest BCUT2D eigenvalue weighted by Crippen LogP contribution is -2.13. The topological polar surface area (TPSA) is 17.1 Å². The standard InChI is InChI=1S/C16H20O/c1-2-3-4-9-14-11-7-10-13-8-5-6-12-15(13)16(14)17/h2,5-6,8,12,14H,1,3-4,7,9-11H2. The van der Waals surface area contributed by atoms with Gasteiger partial charge in [0.1, 0.15) is 0 Å². The Labute approximate surface area is 104 Å². The molecule has 0 heterocycles. The van der Waals surface area contributed by atoms with Gasteiger partial charge in [-0.2, -0.15) is 0 Å². The van der Waals surface area contributed by atoms with E-state index in [9.17, 15) is 4.79 Å². The summed E-state index contributed by atoms with van der Waals surface area (Å²) in [6.45, 7) is 3.73. The smallest absolute Gasteiger partial charge is 0.166 e. The van der Waals surface area contributed by atoms with E-state index in [2.05, 4.69) is 12.6 Å². The van der Waals surface area contributed by atoms with Crippen molar-refractivity contribution in [2.45, 2.75) is 38.5 Å². The Bertz CT molecular complexity index is 406. The summed E-state index contributed by atoms with van der Waals surface area (Å²) in [6.07, 6.45) is 8.30. The summed E-state index contributed by atoms with van der Waals surface area (Å²) >= 11 is 0. The van der Waals surface area contributed by atoms with Crippen molar-refractivity contribution in [2.24, 2.45) is 5.92 Å². The maximum absolute atomic E-state index is 12.4. The summed E-state index contributed by atoms with van der Waals surface area (Å²) < 4.78 is 0. The Morgan fingerprint density at radius 1 is 1.35 bits per heavy atom. The summed E-state index contributed by atoms with van der Waals surface area (Å²) in [5, 5.41) is 0. The van der Waals surface area contributed by atoms with Gasteiger partial charge >= 0.3 is 0 Å². The maximum atomic E-state index is 12.4. The van der Waals surface area contributed by atoms with E-state index in [1.807, 2.05) is 24.3 Å². The molecule has 1 aliphatic rings. The molecule has 0 N–H and O–H groups in total. The van der Waals surface area contributed by atoms with Gasteiger partial charge in [0.2, 0.25) is 0 Å². The lowest BCUT2D eigenvalue weighted by molar-refractivity contribution is 0.0908. The van der Waals surface area contributed by atoms with E-state index in [1.165, 1.54) is 5.56 Å². The molecule has 0 amide bonds. The first-order valence-corrected chi connectivity index (χ1v) is 6.56. The first-order valence-electron chi connectivity index (χ1n) is 6.56. The second-order valence-electron chi connectivity index (χ2n) is 4.83. The number of rotatable bonds is 4. The Hall–Kier alpha value is -1.37. The van der Waals surface area contributed by atoms with Crippen molar-refractivity contribution in [3.05, 3.63) is 48.0 Å². The Kier molecular flexibility index (Phi) is 4.13. The average Bonchev–Trinajstić information content (AvgIpc) is 2.51. The summed E-state index contributed by atoms with van der Waals surface area (Å²) in [6, 6.07) is 8.09. The number of benzene rings is 1. The lowest BCUT2D eigenvalue weighted by atomic mass is 9.90. The molecule has 0 fully saturated rings. The number of unbranched alkanes of at least 4 members (excludes halogenated alkanes) is 1. The van der Waals surface area contributed by atoms with Crippen LogP contribution in [-0.4, -0.2) is 5.78 Å². The van der Waals surface area contributed by atoms with Crippen LogP contribution in [0.4, 0.5) is 0 Å². The highest BCUT2D eigenvalue weighted by Crippen LogP contribution is 2.27. The predicted molar refractivity (Wildman–Crippen MR) is 71.2 cm³/mol. The molecular weight excluding hydrogens is 208 g/mol. The number of Topliss-reactive ketones (excluding diaryl/α,β-unsaturated/α-hetero) is 1. The fourth-order valence-corrected chi connectivity index (χ4v) is 2.65. The summed E-state index contributed by atoms with van der Waals surface area (Å²) in [5.74, 6) is 0.598. The van der Waals surface area contributed by atoms with Crippen molar-refractivity contribution in [1.82, 2.24) is 0 Å². The van der Waals surface area contributed by atoms with Crippen LogP contribution >= 0.6 is 0 Å². The molecular formula is C16H20O. The number of hydrogen-bond donors (Lipinski definition) is 0. The monoisotopic (exact) mass is 228 g/mol. The Morgan fingerprint density at radius 3 is 3.00 bits per heavy atom. The van der Waals surface area contributed by atoms with Crippen molar-refractivity contribution < 1.29 is 4.79 Å². The molecule has 2 rings (SSSR count). The van der Waals surface area contributed by atoms with Gasteiger partial charge in [-0.05, 0) is 44.1 Å². The van der Waals surface area contributed by atoms with E-state index in [0.717, 1.165) is 44.1 Å². The molecule has 0 saturated carbocycles. The van der Waals surface area contributed by atoms with Gasteiger partial charge in [0.25, 0.3) is 0 Å². The van der Waals surface area contributed by atoms with Crippen molar-refractivity contribution in [3.8, 4) is 0 Å². The Morgan fingerprint density at radius 2 is 2.18 bits per heavy atom. The van der Waals surface area contributed by atoms with Crippen LogP contribution in [0.25, 0.3) is 0 Å². The highest BCUT2D eigenvalue weighted by atomic mass is 16.1. The number of aryl methyl sites for hydroxylation is 1. The molecule has 0 spiro atoms. The first-order chi connectivity index (χ1) is 8.33. The van der Waals surface area contributed by atoms with Crippen molar-refractivity contribution in [2.75, 3.05) is 0 Å². The second kappa shape index (κ2) is 5.81. The number of ketones is 1. The van der Waals surface area contributed by atoms with Gasteiger partial charge in [-0.25, -0.2) is 0 Å². The zero-order valence-electron chi connectivity index (χ0n) is 10.3. The van der Waals surface area contributed by atoms with Gasteiger partial charge in [0.05, 0.1) is 0 Å². The molecule has 0 saturated heterocycles. The summed E-state index contributed by atoms with van der Waals surface area (Å²) in [5.41, 5.74) is 2.21. The minimum absolute atomic E-state index is 0.235. The number of allylic oxidation sites excluding steroid dienone is 1. The quantitative estimate of drug-likeness (QED) is 0.429. The van der Waals surface area contributed by atoms with Gasteiger partial charge in [-0.15, -0.1) is 6.58 Å². The second-order valence-corrected chi connectivity index (χ2v) is 4.83. The van der Waals surface area contributed by atoms with Crippen LogP contribution in [-0.2, 0) is 6.42 Å². The van der Waals surface area contributed by atoms with Gasteiger partial charge in [-0.1, -0.05) is 30.3 Å². The van der Waals surface area contributed by atoms with Crippen LogP contribution in [0.1, 0.15) is 48.0 Å². The number of carbonyl (C=O) groups excluding carboxylic acids is 1. The Balaban J connectivity index is 2.11. The normalized spacial score (nSPS) is 19.5. The van der Waals surface area contributed by atoms with E-state index < -0.39 is 0 Å². The van der Waals surface area contributed by atoms with E-state index in [4.69, 9.17) is 0 Å². The molecule has 90 valence electrons. The van der Waals surface area contributed by atoms with Crippen molar-refractivity contribution in [1.29, 1.82) is 0 Å². The molecule has 1 heteroatoms. The zero-order chi connectivity index (χ0) is 12.1. The largest absolute Gasteiger partial charge is 0.294 e. The summed E-state index contributed by atoms with van der Waals surface area (Å²) in [4.78, 5) is 12.4. The minimum Gasteiger partial charge on any atom is -0.294 e. The fourth-order valence-electron chi connectivity index (χ4n) is 2.65. The highest BCUT2D eigenvalue weighted by Gasteiger charge is 2.24. The fraction of sp³-hybridized carbons (Fsp3) is 0.438. The van der Waals surface area contributed by atoms with Crippen LogP contribution in [0.3, 0.4) is 0 Å². The molecule has 1 aliphatic carbocycles. The van der Waals surface area contributed by atoms with Crippen LogP contribution in [0.15, 0.2) is 36.9 Å². The number of fused-ring (bicyclic) bond motifs is 1. The van der Waals surface area contributed by atoms with Crippen LogP contribution in [0.5, 0.6) is 0 Å². The van der Waals surface area contributed by atoms with Crippen LogP contribution < -0.4 is 0 Å². The van der Waals surface area contributed by atoms with E-state index in [1.54, 1.807) is 0 Å². The van der Waals surface area contributed by atoms with Gasteiger partial charge in [-0.3, -0.25) is 4.79 Å². The van der Waals surface area contributed by atoms with Gasteiger partial charge < -0.3 is 0 Å². The van der Waals surface area contributed by atoms with E-state index >= 15 is 0 Å². The molecule has 0 aromatic heterocycles. The SMILES string of the molecule is C=CCCCC1CCCc2ccccc2C1=O. The third-order valence-electron chi connectivity index (χ3n) is 3.61. The number of carbonyl (C=O) groups is 1. The molecule has 1 aromatic rings. The van der Waals surface area contributed by atoms with E-state index in [0.29, 0.717) is 5.78 Å². The molecule has 0 bridgehead atoms. The minimum atomic E-state index is 0.235. The van der Waals surface area contributed by atoms with Crippen LogP contribution in [0, 0.1) is 5.92 Å². The highest BCUT2D eigenvalue weighted by molar-refractivity contribution is 5.99. The third-order valence-corrected chi connectivity index (χ3v) is 3.61. The zero-order valence-corrected chi connectivity index (χ0v) is 10.3. The molecule has 0 aliphatic heterocycles. The predicted octanol–water partition coefficient (Wildman–Crippen LogP) is 4.18.